The summed E-state index contributed by atoms with van der Waals surface area (Å²) < 4.78 is 17.6. The maximum atomic E-state index is 11.5. The van der Waals surface area contributed by atoms with Crippen molar-refractivity contribution < 1.29 is 23.8 Å². The number of unbranched alkanes of at least 4 members (excludes halogenated alkanes) is 1. The lowest BCUT2D eigenvalue weighted by Gasteiger charge is -2.20. The van der Waals surface area contributed by atoms with E-state index < -0.39 is 0 Å². The van der Waals surface area contributed by atoms with Gasteiger partial charge in [0, 0.05) is 44.6 Å². The van der Waals surface area contributed by atoms with Crippen molar-refractivity contribution in [1.29, 1.82) is 0 Å². The molecule has 2 N–H and O–H groups in total. The quantitative estimate of drug-likeness (QED) is 0.185. The van der Waals surface area contributed by atoms with Crippen LogP contribution < -0.4 is 20.1 Å². The molecule has 0 fully saturated rings. The van der Waals surface area contributed by atoms with Gasteiger partial charge in [-0.15, -0.1) is 0 Å². The Hall–Kier alpha value is -3.84. The molecule has 1 aliphatic rings. The maximum Gasteiger partial charge on any atom is 0.305 e. The first-order valence-corrected chi connectivity index (χ1v) is 14.6. The van der Waals surface area contributed by atoms with E-state index >= 15 is 0 Å². The number of methoxy groups -OCH3 is 1. The Bertz CT molecular complexity index is 1320. The predicted octanol–water partition coefficient (Wildman–Crippen LogP) is 5.68. The summed E-state index contributed by atoms with van der Waals surface area (Å²) in [6, 6.07) is 18.9. The van der Waals surface area contributed by atoms with Crippen molar-refractivity contribution in [3.05, 3.63) is 82.4 Å². The zero-order valence-electron chi connectivity index (χ0n) is 24.5. The van der Waals surface area contributed by atoms with Crippen LogP contribution in [-0.2, 0) is 40.3 Å². The molecule has 41 heavy (non-hydrogen) atoms. The molecular weight excluding hydrogens is 516 g/mol. The molecule has 0 heterocycles. The van der Waals surface area contributed by atoms with Crippen LogP contribution in [0.4, 0.5) is 0 Å². The van der Waals surface area contributed by atoms with Crippen LogP contribution in [0.15, 0.2) is 54.6 Å². The fourth-order valence-corrected chi connectivity index (χ4v) is 5.36. The molecule has 4 rings (SSSR count). The smallest absolute Gasteiger partial charge is 0.305 e. The van der Waals surface area contributed by atoms with E-state index in [0.29, 0.717) is 45.7 Å². The number of carbonyl (C=O) groups excluding carboxylic acids is 2. The fraction of sp³-hybridized carbons (Fsp3) is 0.412. The van der Waals surface area contributed by atoms with Crippen LogP contribution in [0, 0.1) is 6.92 Å². The third kappa shape index (κ3) is 8.33. The number of ether oxygens (including phenoxy) is 3. The van der Waals surface area contributed by atoms with Gasteiger partial charge >= 0.3 is 5.97 Å². The standard InChI is InChI=1S/C34H42N2O5/c1-24-27(13-9-14-28(24)26-11-5-4-6-12-26)23-41-32-21-33(40-20-8-7-17-34(38)39-3)31(29-15-10-16-30(29)32)22-35-18-19-36-25(2)37/h4-6,9,11-14,21,35H,7-8,10,15-20,22-23H2,1-3H3,(H,36,37). The molecule has 0 saturated carbocycles. The van der Waals surface area contributed by atoms with Gasteiger partial charge in [0.05, 0.1) is 13.7 Å². The van der Waals surface area contributed by atoms with Crippen molar-refractivity contribution in [2.75, 3.05) is 26.8 Å². The summed E-state index contributed by atoms with van der Waals surface area (Å²) in [5.41, 5.74) is 8.51. The molecule has 218 valence electrons. The van der Waals surface area contributed by atoms with Gasteiger partial charge in [-0.3, -0.25) is 9.59 Å². The van der Waals surface area contributed by atoms with E-state index in [1.807, 2.05) is 12.1 Å². The molecule has 0 bridgehead atoms. The summed E-state index contributed by atoms with van der Waals surface area (Å²) >= 11 is 0. The van der Waals surface area contributed by atoms with E-state index in [0.717, 1.165) is 48.3 Å². The highest BCUT2D eigenvalue weighted by Crippen LogP contribution is 2.40. The first-order chi connectivity index (χ1) is 20.0. The molecule has 0 aromatic heterocycles. The second-order valence-electron chi connectivity index (χ2n) is 10.4. The van der Waals surface area contributed by atoms with Crippen LogP contribution in [0.3, 0.4) is 0 Å². The van der Waals surface area contributed by atoms with Crippen molar-refractivity contribution >= 4 is 11.9 Å². The highest BCUT2D eigenvalue weighted by Gasteiger charge is 2.24. The molecule has 0 radical (unpaired) electrons. The maximum absolute atomic E-state index is 11.5. The van der Waals surface area contributed by atoms with Crippen LogP contribution in [0.25, 0.3) is 11.1 Å². The lowest BCUT2D eigenvalue weighted by Crippen LogP contribution is -2.30. The third-order valence-corrected chi connectivity index (χ3v) is 7.59. The zero-order chi connectivity index (χ0) is 29.0. The van der Waals surface area contributed by atoms with Crippen molar-refractivity contribution in [1.82, 2.24) is 10.6 Å². The van der Waals surface area contributed by atoms with Gasteiger partial charge in [-0.1, -0.05) is 48.5 Å². The fourth-order valence-electron chi connectivity index (χ4n) is 5.36. The van der Waals surface area contributed by atoms with Crippen molar-refractivity contribution in [3.63, 3.8) is 0 Å². The summed E-state index contributed by atoms with van der Waals surface area (Å²) in [5, 5.41) is 6.29. The van der Waals surface area contributed by atoms with Crippen LogP contribution >= 0.6 is 0 Å². The first-order valence-electron chi connectivity index (χ1n) is 14.6. The number of hydrogen-bond donors (Lipinski definition) is 2. The number of carbonyl (C=O) groups is 2. The Morgan fingerprint density at radius 2 is 1.71 bits per heavy atom. The molecule has 7 heteroatoms. The van der Waals surface area contributed by atoms with E-state index in [1.54, 1.807) is 0 Å². The number of fused-ring (bicyclic) bond motifs is 1. The summed E-state index contributed by atoms with van der Waals surface area (Å²) in [7, 11) is 1.41. The topological polar surface area (TPSA) is 85.9 Å². The zero-order valence-corrected chi connectivity index (χ0v) is 24.5. The molecule has 7 nitrogen and oxygen atoms in total. The number of hydrogen-bond acceptors (Lipinski definition) is 6. The largest absolute Gasteiger partial charge is 0.493 e. The van der Waals surface area contributed by atoms with Gasteiger partial charge in [0.25, 0.3) is 0 Å². The van der Waals surface area contributed by atoms with E-state index in [9.17, 15) is 9.59 Å². The van der Waals surface area contributed by atoms with Gasteiger partial charge in [-0.25, -0.2) is 0 Å². The minimum absolute atomic E-state index is 0.0327. The molecule has 0 unspecified atom stereocenters. The summed E-state index contributed by atoms with van der Waals surface area (Å²) in [6.07, 6.45) is 4.89. The summed E-state index contributed by atoms with van der Waals surface area (Å²) in [6.45, 7) is 6.56. The number of amides is 1. The number of esters is 1. The number of rotatable bonds is 15. The Labute approximate surface area is 243 Å². The van der Waals surface area contributed by atoms with Crippen LogP contribution in [0.2, 0.25) is 0 Å². The van der Waals surface area contributed by atoms with E-state index in [4.69, 9.17) is 14.2 Å². The highest BCUT2D eigenvalue weighted by atomic mass is 16.5. The molecule has 0 atom stereocenters. The van der Waals surface area contributed by atoms with E-state index in [2.05, 4.69) is 60.0 Å². The van der Waals surface area contributed by atoms with Gasteiger partial charge < -0.3 is 24.8 Å². The monoisotopic (exact) mass is 558 g/mol. The minimum atomic E-state index is -0.200. The lowest BCUT2D eigenvalue weighted by molar-refractivity contribution is -0.140. The van der Waals surface area contributed by atoms with Gasteiger partial charge in [-0.2, -0.15) is 0 Å². The van der Waals surface area contributed by atoms with Crippen LogP contribution in [0.5, 0.6) is 11.5 Å². The predicted molar refractivity (Wildman–Crippen MR) is 161 cm³/mol. The van der Waals surface area contributed by atoms with Crippen molar-refractivity contribution in [2.45, 2.75) is 65.5 Å². The van der Waals surface area contributed by atoms with Gasteiger partial charge in [0.1, 0.15) is 18.1 Å². The summed E-state index contributed by atoms with van der Waals surface area (Å²) in [4.78, 5) is 22.7. The second kappa shape index (κ2) is 15.2. The van der Waals surface area contributed by atoms with Gasteiger partial charge in [-0.05, 0) is 72.4 Å². The highest BCUT2D eigenvalue weighted by molar-refractivity contribution is 5.72. The second-order valence-corrected chi connectivity index (χ2v) is 10.4. The average molecular weight is 559 g/mol. The van der Waals surface area contributed by atoms with Gasteiger partial charge in [0.15, 0.2) is 0 Å². The van der Waals surface area contributed by atoms with E-state index in [-0.39, 0.29) is 11.9 Å². The molecule has 1 aliphatic carbocycles. The third-order valence-electron chi connectivity index (χ3n) is 7.59. The summed E-state index contributed by atoms with van der Waals surface area (Å²) in [5.74, 6) is 1.47. The lowest BCUT2D eigenvalue weighted by atomic mass is 9.97. The van der Waals surface area contributed by atoms with E-state index in [1.165, 1.54) is 41.9 Å². The van der Waals surface area contributed by atoms with Gasteiger partial charge in [0.2, 0.25) is 5.91 Å². The number of benzene rings is 3. The van der Waals surface area contributed by atoms with Crippen molar-refractivity contribution in [2.24, 2.45) is 0 Å². The SMILES string of the molecule is COC(=O)CCCCOc1cc(OCc2cccc(-c3ccccc3)c2C)c2c(c1CNCCNC(C)=O)CCC2. The molecular formula is C34H42N2O5. The normalized spacial score (nSPS) is 12.1. The Balaban J connectivity index is 1.52. The van der Waals surface area contributed by atoms with Crippen LogP contribution in [0.1, 0.15) is 60.4 Å². The minimum Gasteiger partial charge on any atom is -0.493 e. The molecule has 0 spiro atoms. The Morgan fingerprint density at radius 1 is 0.902 bits per heavy atom. The molecule has 0 aliphatic heterocycles. The average Bonchev–Trinajstić information content (AvgIpc) is 3.47. The molecule has 3 aromatic rings. The van der Waals surface area contributed by atoms with Crippen molar-refractivity contribution in [3.8, 4) is 22.6 Å². The molecule has 0 saturated heterocycles. The molecule has 1 amide bonds. The first kappa shape index (κ1) is 30.1. The Morgan fingerprint density at radius 3 is 2.49 bits per heavy atom. The molecule has 3 aromatic carbocycles. The Kier molecular flexibility index (Phi) is 11.2. The van der Waals surface area contributed by atoms with Crippen LogP contribution in [-0.4, -0.2) is 38.7 Å². The number of nitrogens with one attached hydrogen (secondary N) is 2.